The van der Waals surface area contributed by atoms with Crippen LogP contribution in [0.25, 0.3) is 0 Å². The number of hydrogen-bond acceptors (Lipinski definition) is 3. The second kappa shape index (κ2) is 2.83. The first-order valence-corrected chi connectivity index (χ1v) is 6.15. The molecule has 0 saturated carbocycles. The summed E-state index contributed by atoms with van der Waals surface area (Å²) in [5, 5.41) is 9.86. The molecule has 0 aliphatic carbocycles. The highest BCUT2D eigenvalue weighted by molar-refractivity contribution is 7.70. The van der Waals surface area contributed by atoms with Crippen molar-refractivity contribution in [2.24, 2.45) is 0 Å². The minimum absolute atomic E-state index is 0.00331. The molecule has 1 rings (SSSR count). The first kappa shape index (κ1) is 9.14. The van der Waals surface area contributed by atoms with E-state index in [2.05, 4.69) is 0 Å². The second-order valence-corrected chi connectivity index (χ2v) is 6.31. The monoisotopic (exact) mass is 185 g/mol. The van der Waals surface area contributed by atoms with E-state index in [9.17, 15) is 9.67 Å². The highest BCUT2D eigenvalue weighted by Crippen LogP contribution is 2.36. The Labute approximate surface area is 71.6 Å². The molecular formula is C8H12NO2P. The van der Waals surface area contributed by atoms with Crippen molar-refractivity contribution in [1.29, 1.82) is 0 Å². The van der Waals surface area contributed by atoms with Gasteiger partial charge in [-0.2, -0.15) is 0 Å². The largest absolute Gasteiger partial charge is 0.506 e. The van der Waals surface area contributed by atoms with Gasteiger partial charge in [-0.1, -0.05) is 0 Å². The third kappa shape index (κ3) is 1.80. The molecule has 0 heterocycles. The maximum absolute atomic E-state index is 11.5. The number of hydrogen-bond donors (Lipinski definition) is 2. The molecule has 1 aromatic carbocycles. The number of phenols is 1. The summed E-state index contributed by atoms with van der Waals surface area (Å²) in [6.07, 6.45) is 0. The number of rotatable bonds is 1. The fourth-order valence-electron chi connectivity index (χ4n) is 0.867. The molecule has 0 aliphatic rings. The van der Waals surface area contributed by atoms with Crippen molar-refractivity contribution in [2.75, 3.05) is 19.1 Å². The van der Waals surface area contributed by atoms with Crippen molar-refractivity contribution in [3.8, 4) is 5.75 Å². The number of aromatic hydroxyl groups is 1. The zero-order chi connectivity index (χ0) is 9.35. The van der Waals surface area contributed by atoms with Crippen LogP contribution in [0.15, 0.2) is 18.2 Å². The summed E-state index contributed by atoms with van der Waals surface area (Å²) in [5.74, 6) is -0.00331. The van der Waals surface area contributed by atoms with Crippen molar-refractivity contribution in [3.05, 3.63) is 18.2 Å². The minimum atomic E-state index is -2.28. The molecule has 0 saturated heterocycles. The second-order valence-electron chi connectivity index (χ2n) is 3.09. The molecule has 0 atom stereocenters. The van der Waals surface area contributed by atoms with E-state index in [1.165, 1.54) is 6.07 Å². The predicted molar refractivity (Wildman–Crippen MR) is 51.6 cm³/mol. The Balaban J connectivity index is 3.23. The van der Waals surface area contributed by atoms with Crippen LogP contribution in [0.1, 0.15) is 0 Å². The number of nitrogen functional groups attached to an aromatic ring is 1. The first-order valence-electron chi connectivity index (χ1n) is 3.55. The minimum Gasteiger partial charge on any atom is -0.506 e. The van der Waals surface area contributed by atoms with E-state index >= 15 is 0 Å². The van der Waals surface area contributed by atoms with Gasteiger partial charge in [-0.3, -0.25) is 0 Å². The maximum Gasteiger partial charge on any atom is 0.139 e. The number of phenolic OH excluding ortho intramolecular Hbond substituents is 1. The molecule has 0 unspecified atom stereocenters. The highest BCUT2D eigenvalue weighted by Gasteiger charge is 2.11. The van der Waals surface area contributed by atoms with E-state index < -0.39 is 7.14 Å². The fourth-order valence-corrected chi connectivity index (χ4v) is 1.73. The number of nitrogens with two attached hydrogens (primary N) is 1. The van der Waals surface area contributed by atoms with Crippen molar-refractivity contribution >= 4 is 18.1 Å². The molecule has 0 radical (unpaired) electrons. The normalized spacial score (nSPS) is 11.5. The van der Waals surface area contributed by atoms with Crippen LogP contribution in [-0.4, -0.2) is 18.4 Å². The van der Waals surface area contributed by atoms with Crippen LogP contribution in [-0.2, 0) is 4.57 Å². The van der Waals surface area contributed by atoms with E-state index in [-0.39, 0.29) is 5.75 Å². The lowest BCUT2D eigenvalue weighted by atomic mass is 10.3. The molecule has 0 aliphatic heterocycles. The highest BCUT2D eigenvalue weighted by atomic mass is 31.2. The molecule has 3 nitrogen and oxygen atoms in total. The van der Waals surface area contributed by atoms with Gasteiger partial charge in [-0.25, -0.2) is 0 Å². The topological polar surface area (TPSA) is 63.3 Å². The molecule has 0 fully saturated rings. The Morgan fingerprint density at radius 3 is 2.42 bits per heavy atom. The summed E-state index contributed by atoms with van der Waals surface area (Å²) in [7, 11) is -2.28. The van der Waals surface area contributed by atoms with Crippen LogP contribution in [0.2, 0.25) is 0 Å². The van der Waals surface area contributed by atoms with Gasteiger partial charge in [-0.15, -0.1) is 0 Å². The first-order chi connectivity index (χ1) is 5.41. The van der Waals surface area contributed by atoms with Crippen LogP contribution >= 0.6 is 7.14 Å². The molecular weight excluding hydrogens is 173 g/mol. The van der Waals surface area contributed by atoms with Crippen LogP contribution in [0.5, 0.6) is 5.75 Å². The summed E-state index contributed by atoms with van der Waals surface area (Å²) in [6, 6.07) is 4.69. The van der Waals surface area contributed by atoms with Crippen LogP contribution in [0.3, 0.4) is 0 Å². The van der Waals surface area contributed by atoms with Gasteiger partial charge in [0.05, 0.1) is 5.69 Å². The lowest BCUT2D eigenvalue weighted by Crippen LogP contribution is -2.02. The van der Waals surface area contributed by atoms with Crippen LogP contribution in [0, 0.1) is 0 Å². The average molecular weight is 185 g/mol. The Morgan fingerprint density at radius 2 is 2.00 bits per heavy atom. The van der Waals surface area contributed by atoms with E-state index in [0.29, 0.717) is 11.0 Å². The van der Waals surface area contributed by atoms with Gasteiger partial charge >= 0.3 is 0 Å². The van der Waals surface area contributed by atoms with Gasteiger partial charge in [0.25, 0.3) is 0 Å². The molecule has 0 amide bonds. The maximum atomic E-state index is 11.5. The standard InChI is InChI=1S/C8H12NO2P/c1-12(2,11)6-3-4-7(9)8(10)5-6/h3-5,10H,9H2,1-2H3. The Hall–Kier alpha value is -0.950. The van der Waals surface area contributed by atoms with Gasteiger partial charge in [0, 0.05) is 5.30 Å². The molecule has 12 heavy (non-hydrogen) atoms. The lowest BCUT2D eigenvalue weighted by molar-refractivity contribution is 0.478. The molecule has 66 valence electrons. The zero-order valence-corrected chi connectivity index (χ0v) is 8.01. The van der Waals surface area contributed by atoms with E-state index in [4.69, 9.17) is 5.73 Å². The Kier molecular flexibility index (Phi) is 2.16. The average Bonchev–Trinajstić information content (AvgIpc) is 1.92. The molecule has 0 bridgehead atoms. The molecule has 0 spiro atoms. The summed E-state index contributed by atoms with van der Waals surface area (Å²) in [6.45, 7) is 3.30. The Morgan fingerprint density at radius 1 is 1.42 bits per heavy atom. The van der Waals surface area contributed by atoms with E-state index in [1.807, 2.05) is 0 Å². The van der Waals surface area contributed by atoms with Gasteiger partial charge in [0.2, 0.25) is 0 Å². The Bertz CT molecular complexity index is 343. The molecule has 1 aromatic rings. The predicted octanol–water partition coefficient (Wildman–Crippen LogP) is 1.22. The van der Waals surface area contributed by atoms with Crippen molar-refractivity contribution in [3.63, 3.8) is 0 Å². The molecule has 4 heteroatoms. The summed E-state index contributed by atoms with van der Waals surface area (Å²) in [5.41, 5.74) is 5.70. The zero-order valence-electron chi connectivity index (χ0n) is 7.11. The lowest BCUT2D eigenvalue weighted by Gasteiger charge is -2.07. The fraction of sp³-hybridized carbons (Fsp3) is 0.250. The smallest absolute Gasteiger partial charge is 0.139 e. The molecule has 3 N–H and O–H groups in total. The summed E-state index contributed by atoms with van der Waals surface area (Å²) in [4.78, 5) is 0. The third-order valence-corrected chi connectivity index (χ3v) is 3.16. The quantitative estimate of drug-likeness (QED) is 0.393. The third-order valence-electron chi connectivity index (χ3n) is 1.64. The van der Waals surface area contributed by atoms with Crippen molar-refractivity contribution < 1.29 is 9.67 Å². The van der Waals surface area contributed by atoms with Crippen molar-refractivity contribution in [2.45, 2.75) is 0 Å². The van der Waals surface area contributed by atoms with Gasteiger partial charge in [-0.05, 0) is 31.5 Å². The van der Waals surface area contributed by atoms with Crippen molar-refractivity contribution in [1.82, 2.24) is 0 Å². The number of anilines is 1. The molecule has 0 aromatic heterocycles. The SMILES string of the molecule is CP(C)(=O)c1ccc(N)c(O)c1. The van der Waals surface area contributed by atoms with E-state index in [0.717, 1.165) is 0 Å². The van der Waals surface area contributed by atoms with Crippen LogP contribution in [0.4, 0.5) is 5.69 Å². The number of benzene rings is 1. The van der Waals surface area contributed by atoms with Crippen LogP contribution < -0.4 is 11.0 Å². The summed E-state index contributed by atoms with van der Waals surface area (Å²) < 4.78 is 11.5. The van der Waals surface area contributed by atoms with Gasteiger partial charge in [0.15, 0.2) is 0 Å². The summed E-state index contributed by atoms with van der Waals surface area (Å²) >= 11 is 0. The van der Waals surface area contributed by atoms with Gasteiger partial charge < -0.3 is 15.4 Å². The van der Waals surface area contributed by atoms with E-state index in [1.54, 1.807) is 25.5 Å². The van der Waals surface area contributed by atoms with Gasteiger partial charge in [0.1, 0.15) is 12.9 Å².